The molecule has 0 spiro atoms. The van der Waals surface area contributed by atoms with Gasteiger partial charge in [0.25, 0.3) is 5.91 Å². The molecule has 3 nitrogen and oxygen atoms in total. The summed E-state index contributed by atoms with van der Waals surface area (Å²) in [4.78, 5) is 12.9. The SMILES string of the molecule is CC[C@H](Oc1ccc2ccccc2c1)C(=O)N[C@@H](C)c1ccc2c(c1)CCCC2. The molecule has 150 valence electrons. The fraction of sp³-hybridized carbons (Fsp3) is 0.346. The van der Waals surface area contributed by atoms with Gasteiger partial charge in [0.1, 0.15) is 5.75 Å². The molecule has 0 saturated carbocycles. The highest BCUT2D eigenvalue weighted by Gasteiger charge is 2.21. The van der Waals surface area contributed by atoms with Crippen molar-refractivity contribution in [2.24, 2.45) is 0 Å². The van der Waals surface area contributed by atoms with Crippen molar-refractivity contribution in [3.05, 3.63) is 77.4 Å². The van der Waals surface area contributed by atoms with Crippen LogP contribution in [0.2, 0.25) is 0 Å². The molecule has 3 heteroatoms. The minimum Gasteiger partial charge on any atom is -0.481 e. The Labute approximate surface area is 173 Å². The molecule has 0 aromatic heterocycles. The summed E-state index contributed by atoms with van der Waals surface area (Å²) in [5, 5.41) is 5.43. The number of benzene rings is 3. The molecule has 0 fully saturated rings. The molecule has 1 aliphatic carbocycles. The molecular weight excluding hydrogens is 358 g/mol. The number of aryl methyl sites for hydroxylation is 2. The van der Waals surface area contributed by atoms with Crippen molar-refractivity contribution < 1.29 is 9.53 Å². The molecule has 29 heavy (non-hydrogen) atoms. The zero-order chi connectivity index (χ0) is 20.2. The van der Waals surface area contributed by atoms with Gasteiger partial charge in [-0.2, -0.15) is 0 Å². The predicted molar refractivity (Wildman–Crippen MR) is 118 cm³/mol. The lowest BCUT2D eigenvalue weighted by molar-refractivity contribution is -0.128. The Morgan fingerprint density at radius 1 is 0.966 bits per heavy atom. The summed E-state index contributed by atoms with van der Waals surface area (Å²) in [5.74, 6) is 0.665. The first-order valence-corrected chi connectivity index (χ1v) is 10.7. The number of carbonyl (C=O) groups is 1. The number of hydrogen-bond acceptors (Lipinski definition) is 2. The molecule has 0 bridgehead atoms. The highest BCUT2D eigenvalue weighted by Crippen LogP contribution is 2.25. The molecule has 0 heterocycles. The van der Waals surface area contributed by atoms with Crippen LogP contribution in [-0.2, 0) is 17.6 Å². The van der Waals surface area contributed by atoms with Gasteiger partial charge in [0.05, 0.1) is 6.04 Å². The third kappa shape index (κ3) is 4.45. The van der Waals surface area contributed by atoms with E-state index >= 15 is 0 Å². The fourth-order valence-corrected chi connectivity index (χ4v) is 4.14. The number of ether oxygens (including phenoxy) is 1. The summed E-state index contributed by atoms with van der Waals surface area (Å²) >= 11 is 0. The molecule has 3 aromatic carbocycles. The van der Waals surface area contributed by atoms with Gasteiger partial charge in [-0.1, -0.05) is 55.5 Å². The lowest BCUT2D eigenvalue weighted by Crippen LogP contribution is -2.39. The van der Waals surface area contributed by atoms with Crippen molar-refractivity contribution >= 4 is 16.7 Å². The highest BCUT2D eigenvalue weighted by molar-refractivity contribution is 5.84. The number of nitrogens with one attached hydrogen (secondary N) is 1. The Balaban J connectivity index is 1.44. The van der Waals surface area contributed by atoms with E-state index in [-0.39, 0.29) is 11.9 Å². The summed E-state index contributed by atoms with van der Waals surface area (Å²) in [6.45, 7) is 4.03. The Hall–Kier alpha value is -2.81. The van der Waals surface area contributed by atoms with E-state index < -0.39 is 6.10 Å². The second-order valence-electron chi connectivity index (χ2n) is 7.99. The number of amides is 1. The normalized spacial score (nSPS) is 15.4. The largest absolute Gasteiger partial charge is 0.481 e. The van der Waals surface area contributed by atoms with E-state index in [2.05, 4.69) is 35.6 Å². The van der Waals surface area contributed by atoms with Gasteiger partial charge in [-0.15, -0.1) is 0 Å². The molecule has 1 N–H and O–H groups in total. The van der Waals surface area contributed by atoms with Crippen molar-refractivity contribution in [1.82, 2.24) is 5.32 Å². The maximum Gasteiger partial charge on any atom is 0.261 e. The van der Waals surface area contributed by atoms with Crippen LogP contribution in [0.5, 0.6) is 5.75 Å². The third-order valence-electron chi connectivity index (χ3n) is 5.89. The van der Waals surface area contributed by atoms with Gasteiger partial charge in [-0.05, 0) is 78.6 Å². The Morgan fingerprint density at radius 3 is 2.52 bits per heavy atom. The van der Waals surface area contributed by atoms with Crippen LogP contribution in [0.15, 0.2) is 60.7 Å². The standard InChI is InChI=1S/C26H29NO2/c1-3-25(29-24-15-14-20-9-5-7-11-23(20)17-24)26(28)27-18(2)21-13-12-19-8-4-6-10-22(19)16-21/h5,7,9,11-18,25H,3-4,6,8,10H2,1-2H3,(H,27,28)/t18-,25-/m0/s1. The van der Waals surface area contributed by atoms with E-state index in [1.807, 2.05) is 44.2 Å². The van der Waals surface area contributed by atoms with Gasteiger partial charge in [0, 0.05) is 0 Å². The smallest absolute Gasteiger partial charge is 0.261 e. The number of hydrogen-bond donors (Lipinski definition) is 1. The third-order valence-corrected chi connectivity index (χ3v) is 5.89. The van der Waals surface area contributed by atoms with Crippen molar-refractivity contribution in [3.8, 4) is 5.75 Å². The van der Waals surface area contributed by atoms with Gasteiger partial charge >= 0.3 is 0 Å². The van der Waals surface area contributed by atoms with Crippen molar-refractivity contribution in [2.75, 3.05) is 0 Å². The molecule has 4 rings (SSSR count). The van der Waals surface area contributed by atoms with Crippen LogP contribution < -0.4 is 10.1 Å². The van der Waals surface area contributed by atoms with Crippen LogP contribution >= 0.6 is 0 Å². The van der Waals surface area contributed by atoms with E-state index in [0.717, 1.165) is 17.6 Å². The van der Waals surface area contributed by atoms with Crippen LogP contribution in [0.1, 0.15) is 55.8 Å². The van der Waals surface area contributed by atoms with Gasteiger partial charge in [-0.3, -0.25) is 4.79 Å². The zero-order valence-electron chi connectivity index (χ0n) is 17.3. The lowest BCUT2D eigenvalue weighted by atomic mass is 9.89. The van der Waals surface area contributed by atoms with Gasteiger partial charge in [0.15, 0.2) is 6.10 Å². The molecule has 0 radical (unpaired) electrons. The number of fused-ring (bicyclic) bond motifs is 2. The molecule has 0 aliphatic heterocycles. The maximum absolute atomic E-state index is 12.9. The second kappa shape index (κ2) is 8.69. The first-order chi connectivity index (χ1) is 14.1. The maximum atomic E-state index is 12.9. The Kier molecular flexibility index (Phi) is 5.84. The van der Waals surface area contributed by atoms with Crippen molar-refractivity contribution in [2.45, 2.75) is 58.1 Å². The van der Waals surface area contributed by atoms with E-state index in [1.54, 1.807) is 0 Å². The van der Waals surface area contributed by atoms with Crippen molar-refractivity contribution in [1.29, 1.82) is 0 Å². The zero-order valence-corrected chi connectivity index (χ0v) is 17.3. The monoisotopic (exact) mass is 387 g/mol. The van der Waals surface area contributed by atoms with Crippen LogP contribution in [0.3, 0.4) is 0 Å². The van der Waals surface area contributed by atoms with Crippen LogP contribution in [-0.4, -0.2) is 12.0 Å². The molecule has 1 amide bonds. The number of carbonyl (C=O) groups excluding carboxylic acids is 1. The van der Waals surface area contributed by atoms with E-state index in [9.17, 15) is 4.79 Å². The molecular formula is C26H29NO2. The van der Waals surface area contributed by atoms with Gasteiger partial charge in [0.2, 0.25) is 0 Å². The summed E-state index contributed by atoms with van der Waals surface area (Å²) in [7, 11) is 0. The Morgan fingerprint density at radius 2 is 1.72 bits per heavy atom. The van der Waals surface area contributed by atoms with E-state index in [1.165, 1.54) is 41.3 Å². The summed E-state index contributed by atoms with van der Waals surface area (Å²) < 4.78 is 6.05. The fourth-order valence-electron chi connectivity index (χ4n) is 4.14. The first kappa shape index (κ1) is 19.5. The van der Waals surface area contributed by atoms with E-state index in [0.29, 0.717) is 6.42 Å². The average Bonchev–Trinajstić information content (AvgIpc) is 2.76. The summed E-state index contributed by atoms with van der Waals surface area (Å²) in [6.07, 6.45) is 4.98. The summed E-state index contributed by atoms with van der Waals surface area (Å²) in [6, 6.07) is 20.7. The molecule has 3 aromatic rings. The second-order valence-corrected chi connectivity index (χ2v) is 7.99. The predicted octanol–water partition coefficient (Wildman–Crippen LogP) is 5.75. The highest BCUT2D eigenvalue weighted by atomic mass is 16.5. The summed E-state index contributed by atoms with van der Waals surface area (Å²) in [5.41, 5.74) is 4.07. The quantitative estimate of drug-likeness (QED) is 0.584. The van der Waals surface area contributed by atoms with Crippen LogP contribution in [0.25, 0.3) is 10.8 Å². The van der Waals surface area contributed by atoms with Crippen molar-refractivity contribution in [3.63, 3.8) is 0 Å². The molecule has 2 atom stereocenters. The Bertz CT molecular complexity index is 1010. The minimum atomic E-state index is -0.503. The first-order valence-electron chi connectivity index (χ1n) is 10.7. The van der Waals surface area contributed by atoms with Gasteiger partial charge < -0.3 is 10.1 Å². The average molecular weight is 388 g/mol. The van der Waals surface area contributed by atoms with Crippen LogP contribution in [0, 0.1) is 0 Å². The number of rotatable bonds is 6. The molecule has 0 unspecified atom stereocenters. The topological polar surface area (TPSA) is 38.3 Å². The van der Waals surface area contributed by atoms with Gasteiger partial charge in [-0.25, -0.2) is 0 Å². The minimum absolute atomic E-state index is 0.0380. The lowest BCUT2D eigenvalue weighted by Gasteiger charge is -2.23. The molecule has 1 aliphatic rings. The van der Waals surface area contributed by atoms with E-state index in [4.69, 9.17) is 4.74 Å². The van der Waals surface area contributed by atoms with Crippen LogP contribution in [0.4, 0.5) is 0 Å². The molecule has 0 saturated heterocycles.